The smallest absolute Gasteiger partial charge is 0.326 e. The summed E-state index contributed by atoms with van der Waals surface area (Å²) in [7, 11) is -3.47. The van der Waals surface area contributed by atoms with Gasteiger partial charge in [0.2, 0.25) is 10.0 Å². The first kappa shape index (κ1) is 13.1. The molecule has 0 fully saturated rings. The summed E-state index contributed by atoms with van der Waals surface area (Å²) in [6.45, 7) is 3.76. The Morgan fingerprint density at radius 3 is 2.43 bits per heavy atom. The number of sulfonamides is 1. The molecule has 0 saturated carbocycles. The van der Waals surface area contributed by atoms with Crippen LogP contribution in [0, 0.1) is 0 Å². The Labute approximate surface area is 84.1 Å². The minimum Gasteiger partial charge on any atom is -0.356 e. The maximum atomic E-state index is 10.9. The fourth-order valence-electron chi connectivity index (χ4n) is 0.617. The zero-order valence-electron chi connectivity index (χ0n) is 8.53. The lowest BCUT2D eigenvalue weighted by Crippen LogP contribution is -2.25. The molecule has 0 aliphatic heterocycles. The molecule has 0 aromatic carbocycles. The largest absolute Gasteiger partial charge is 0.356 e. The zero-order chi connectivity index (χ0) is 11.2. The summed E-state index contributed by atoms with van der Waals surface area (Å²) in [4.78, 5) is 16.9. The van der Waals surface area contributed by atoms with Crippen molar-refractivity contribution in [2.24, 2.45) is 0 Å². The third kappa shape index (κ3) is 7.75. The first-order valence-electron chi connectivity index (χ1n) is 4.13. The lowest BCUT2D eigenvalue weighted by Gasteiger charge is -2.03. The highest BCUT2D eigenvalue weighted by atomic mass is 32.2. The van der Waals surface area contributed by atoms with Crippen LogP contribution in [0.2, 0.25) is 0 Å². The van der Waals surface area contributed by atoms with E-state index in [1.165, 1.54) is 0 Å². The Balaban J connectivity index is 3.78. The fourth-order valence-corrected chi connectivity index (χ4v) is 0.861. The Kier molecular flexibility index (Phi) is 5.40. The molecule has 0 unspecified atom stereocenters. The summed E-state index contributed by atoms with van der Waals surface area (Å²) >= 11 is 0. The zero-order valence-corrected chi connectivity index (χ0v) is 9.35. The minimum atomic E-state index is -3.47. The molecule has 0 saturated heterocycles. The van der Waals surface area contributed by atoms with Crippen LogP contribution in [-0.2, 0) is 19.7 Å². The van der Waals surface area contributed by atoms with Gasteiger partial charge in [-0.3, -0.25) is 4.79 Å². The van der Waals surface area contributed by atoms with Crippen LogP contribution in [0.15, 0.2) is 11.6 Å². The van der Waals surface area contributed by atoms with Crippen LogP contribution in [0.3, 0.4) is 0 Å². The number of allylic oxidation sites excluding steroid dienone is 2. The van der Waals surface area contributed by atoms with Gasteiger partial charge in [0.05, 0.1) is 12.7 Å². The topological polar surface area (TPSA) is 72.5 Å². The fraction of sp³-hybridized carbons (Fsp3) is 0.625. The van der Waals surface area contributed by atoms with Gasteiger partial charge in [-0.15, -0.1) is 0 Å². The first-order valence-corrected chi connectivity index (χ1v) is 6.02. The molecule has 0 heterocycles. The Bertz CT molecular complexity index is 318. The van der Waals surface area contributed by atoms with E-state index in [0.29, 0.717) is 6.42 Å². The summed E-state index contributed by atoms with van der Waals surface area (Å²) < 4.78 is 21.1. The van der Waals surface area contributed by atoms with Gasteiger partial charge < -0.3 is 4.84 Å². The van der Waals surface area contributed by atoms with Crippen LogP contribution >= 0.6 is 0 Å². The lowest BCUT2D eigenvalue weighted by molar-refractivity contribution is -0.147. The third-order valence-corrected chi connectivity index (χ3v) is 1.91. The predicted octanol–water partition coefficient (Wildman–Crippen LogP) is 0.740. The Morgan fingerprint density at radius 2 is 2.00 bits per heavy atom. The average molecular weight is 221 g/mol. The Hall–Kier alpha value is -0.880. The summed E-state index contributed by atoms with van der Waals surface area (Å²) in [5.74, 6) is -0.586. The molecule has 1 N–H and O–H groups in total. The molecule has 0 radical (unpaired) electrons. The molecule has 0 aromatic rings. The molecule has 0 aromatic heterocycles. The third-order valence-electron chi connectivity index (χ3n) is 1.52. The molecule has 5 nitrogen and oxygen atoms in total. The van der Waals surface area contributed by atoms with Crippen LogP contribution in [0.5, 0.6) is 0 Å². The maximum Gasteiger partial charge on any atom is 0.326 e. The van der Waals surface area contributed by atoms with Crippen molar-refractivity contribution in [2.45, 2.75) is 26.7 Å². The second kappa shape index (κ2) is 5.77. The highest BCUT2D eigenvalue weighted by Gasteiger charge is 2.07. The summed E-state index contributed by atoms with van der Waals surface area (Å²) in [6, 6.07) is 0. The van der Waals surface area contributed by atoms with Crippen LogP contribution in [0.25, 0.3) is 0 Å². The number of hydrogen-bond acceptors (Lipinski definition) is 4. The molecule has 0 aliphatic carbocycles. The standard InChI is InChI=1S/C8H15NO4S/c1-4-7(2)5-6-8(10)13-9-14(3,11)12/h4,9H,5-6H2,1-3H3. The van der Waals surface area contributed by atoms with E-state index in [0.717, 1.165) is 11.8 Å². The molecular weight excluding hydrogens is 206 g/mol. The van der Waals surface area contributed by atoms with Gasteiger partial charge in [0, 0.05) is 0 Å². The van der Waals surface area contributed by atoms with Crippen LogP contribution in [0.4, 0.5) is 0 Å². The number of nitrogens with one attached hydrogen (secondary N) is 1. The van der Waals surface area contributed by atoms with Crippen molar-refractivity contribution in [3.63, 3.8) is 0 Å². The minimum absolute atomic E-state index is 0.165. The van der Waals surface area contributed by atoms with Crippen LogP contribution in [-0.4, -0.2) is 20.6 Å². The van der Waals surface area contributed by atoms with Crippen molar-refractivity contribution in [1.29, 1.82) is 0 Å². The number of carbonyl (C=O) groups excluding carboxylic acids is 1. The van der Waals surface area contributed by atoms with Crippen LogP contribution < -0.4 is 4.89 Å². The molecule has 6 heteroatoms. The van der Waals surface area contributed by atoms with E-state index >= 15 is 0 Å². The normalized spacial score (nSPS) is 12.6. The van der Waals surface area contributed by atoms with Crippen molar-refractivity contribution in [2.75, 3.05) is 6.26 Å². The molecule has 0 rings (SSSR count). The average Bonchev–Trinajstić information content (AvgIpc) is 2.09. The number of rotatable bonds is 5. The molecule has 0 aliphatic rings. The van der Waals surface area contributed by atoms with Crippen molar-refractivity contribution in [3.8, 4) is 0 Å². The van der Waals surface area contributed by atoms with Crippen molar-refractivity contribution in [3.05, 3.63) is 11.6 Å². The van der Waals surface area contributed by atoms with E-state index in [4.69, 9.17) is 0 Å². The predicted molar refractivity (Wildman–Crippen MR) is 52.7 cm³/mol. The first-order chi connectivity index (χ1) is 6.35. The molecule has 82 valence electrons. The molecule has 14 heavy (non-hydrogen) atoms. The van der Waals surface area contributed by atoms with Gasteiger partial charge in [0.25, 0.3) is 0 Å². The van der Waals surface area contributed by atoms with Crippen molar-refractivity contribution in [1.82, 2.24) is 4.89 Å². The van der Waals surface area contributed by atoms with Gasteiger partial charge in [-0.2, -0.15) is 0 Å². The molecule has 0 bridgehead atoms. The van der Waals surface area contributed by atoms with Crippen LogP contribution in [0.1, 0.15) is 26.7 Å². The molecule has 0 amide bonds. The summed E-state index contributed by atoms with van der Waals surface area (Å²) in [6.07, 6.45) is 3.54. The number of carbonyl (C=O) groups is 1. The maximum absolute atomic E-state index is 10.9. The lowest BCUT2D eigenvalue weighted by atomic mass is 10.1. The van der Waals surface area contributed by atoms with Gasteiger partial charge in [-0.1, -0.05) is 11.6 Å². The van der Waals surface area contributed by atoms with Gasteiger partial charge in [0.15, 0.2) is 0 Å². The SMILES string of the molecule is CC=C(C)CCC(=O)ONS(C)(=O)=O. The van der Waals surface area contributed by atoms with E-state index in [9.17, 15) is 13.2 Å². The highest BCUT2D eigenvalue weighted by molar-refractivity contribution is 7.88. The second-order valence-corrected chi connectivity index (χ2v) is 4.68. The summed E-state index contributed by atoms with van der Waals surface area (Å²) in [5.41, 5.74) is 1.06. The van der Waals surface area contributed by atoms with Crippen molar-refractivity contribution < 1.29 is 18.0 Å². The van der Waals surface area contributed by atoms with Gasteiger partial charge in [-0.25, -0.2) is 8.42 Å². The molecule has 0 spiro atoms. The Morgan fingerprint density at radius 1 is 1.43 bits per heavy atom. The molecule has 0 atom stereocenters. The molecular formula is C8H15NO4S. The number of hydrogen-bond donors (Lipinski definition) is 1. The second-order valence-electron chi connectivity index (χ2n) is 2.96. The van der Waals surface area contributed by atoms with Gasteiger partial charge >= 0.3 is 5.97 Å². The van der Waals surface area contributed by atoms with Gasteiger partial charge in [0.1, 0.15) is 0 Å². The monoisotopic (exact) mass is 221 g/mol. The van der Waals surface area contributed by atoms with Crippen molar-refractivity contribution >= 4 is 16.0 Å². The quantitative estimate of drug-likeness (QED) is 0.549. The van der Waals surface area contributed by atoms with E-state index < -0.39 is 16.0 Å². The highest BCUT2D eigenvalue weighted by Crippen LogP contribution is 2.03. The van der Waals surface area contributed by atoms with E-state index in [-0.39, 0.29) is 6.42 Å². The van der Waals surface area contributed by atoms with Gasteiger partial charge in [-0.05, 0) is 25.2 Å². The summed E-state index contributed by atoms with van der Waals surface area (Å²) in [5, 5.41) is 0. The van der Waals surface area contributed by atoms with E-state index in [2.05, 4.69) is 4.84 Å². The van der Waals surface area contributed by atoms with E-state index in [1.54, 1.807) is 4.89 Å². The van der Waals surface area contributed by atoms with E-state index in [1.807, 2.05) is 19.9 Å².